The van der Waals surface area contributed by atoms with Crippen LogP contribution in [0.1, 0.15) is 12.8 Å². The first kappa shape index (κ1) is 17.9. The Balaban J connectivity index is 1.22. The maximum Gasteiger partial charge on any atom is 0.231 e. The predicted molar refractivity (Wildman–Crippen MR) is 114 cm³/mol. The van der Waals surface area contributed by atoms with Crippen molar-refractivity contribution in [1.82, 2.24) is 15.1 Å². The summed E-state index contributed by atoms with van der Waals surface area (Å²) in [5.41, 5.74) is 4.01. The van der Waals surface area contributed by atoms with Crippen molar-refractivity contribution < 1.29 is 9.47 Å². The van der Waals surface area contributed by atoms with Crippen molar-refractivity contribution >= 4 is 17.2 Å². The summed E-state index contributed by atoms with van der Waals surface area (Å²) in [7, 11) is 2.18. The molecule has 2 aliphatic rings. The molecule has 0 amide bonds. The number of anilines is 3. The van der Waals surface area contributed by atoms with E-state index in [1.165, 1.54) is 12.8 Å². The van der Waals surface area contributed by atoms with Gasteiger partial charge in [-0.2, -0.15) is 5.10 Å². The Kier molecular flexibility index (Phi) is 4.73. The van der Waals surface area contributed by atoms with Crippen LogP contribution < -0.4 is 20.1 Å². The largest absolute Gasteiger partial charge is 0.454 e. The lowest BCUT2D eigenvalue weighted by atomic mass is 10.1. The molecule has 2 aromatic carbocycles. The molecule has 1 fully saturated rings. The lowest BCUT2D eigenvalue weighted by Gasteiger charge is -2.30. The fourth-order valence-electron chi connectivity index (χ4n) is 3.78. The molecule has 150 valence electrons. The third-order valence-electron chi connectivity index (χ3n) is 5.50. The maximum atomic E-state index is 5.45. The van der Waals surface area contributed by atoms with Crippen LogP contribution in [0.3, 0.4) is 0 Å². The number of aromatic amines is 1. The molecule has 3 N–H and O–H groups in total. The van der Waals surface area contributed by atoms with Gasteiger partial charge in [-0.05, 0) is 75.4 Å². The highest BCUT2D eigenvalue weighted by molar-refractivity contribution is 5.69. The molecule has 29 heavy (non-hydrogen) atoms. The molecule has 7 nitrogen and oxygen atoms in total. The van der Waals surface area contributed by atoms with Crippen LogP contribution in [0.2, 0.25) is 0 Å². The lowest BCUT2D eigenvalue weighted by molar-refractivity contribution is 0.174. The number of nitrogens with zero attached hydrogens (tertiary/aromatic N) is 2. The molecule has 0 bridgehead atoms. The minimum Gasteiger partial charge on any atom is -0.454 e. The van der Waals surface area contributed by atoms with Crippen molar-refractivity contribution in [3.63, 3.8) is 0 Å². The van der Waals surface area contributed by atoms with E-state index in [-0.39, 0.29) is 6.79 Å². The number of aromatic nitrogens is 2. The highest BCUT2D eigenvalue weighted by Crippen LogP contribution is 2.36. The fraction of sp³-hybridized carbons (Fsp3) is 0.318. The number of H-pyrrole nitrogens is 1. The monoisotopic (exact) mass is 391 g/mol. The molecule has 0 spiro atoms. The number of fused-ring (bicyclic) bond motifs is 1. The molecule has 0 radical (unpaired) electrons. The standard InChI is InChI=1S/C22H25N5O2/c1-27-10-8-18(9-11-27)23-16-3-5-17(6-4-16)24-22-13-19(25-26-22)15-2-7-20-21(12-15)29-14-28-20/h2-7,12-13,18,23H,8-11,14H2,1H3,(H2,24,25,26). The first-order valence-electron chi connectivity index (χ1n) is 10.0. The number of hydrogen-bond acceptors (Lipinski definition) is 6. The Morgan fingerprint density at radius 1 is 0.966 bits per heavy atom. The topological polar surface area (TPSA) is 74.4 Å². The van der Waals surface area contributed by atoms with Crippen LogP contribution in [0.5, 0.6) is 11.5 Å². The van der Waals surface area contributed by atoms with E-state index in [1.807, 2.05) is 24.3 Å². The molecule has 2 aliphatic heterocycles. The van der Waals surface area contributed by atoms with Crippen molar-refractivity contribution in [2.75, 3.05) is 37.6 Å². The lowest BCUT2D eigenvalue weighted by Crippen LogP contribution is -2.36. The zero-order valence-electron chi connectivity index (χ0n) is 16.4. The summed E-state index contributed by atoms with van der Waals surface area (Å²) in [6, 6.07) is 16.8. The molecule has 1 saturated heterocycles. The van der Waals surface area contributed by atoms with Crippen molar-refractivity contribution in [3.8, 4) is 22.8 Å². The van der Waals surface area contributed by atoms with Gasteiger partial charge in [0.1, 0.15) is 5.82 Å². The molecule has 0 saturated carbocycles. The molecular formula is C22H25N5O2. The van der Waals surface area contributed by atoms with Gasteiger partial charge < -0.3 is 25.0 Å². The van der Waals surface area contributed by atoms with E-state index in [2.05, 4.69) is 57.0 Å². The van der Waals surface area contributed by atoms with Gasteiger partial charge in [0.05, 0.1) is 5.69 Å². The van der Waals surface area contributed by atoms with Crippen LogP contribution in [0.25, 0.3) is 11.3 Å². The Morgan fingerprint density at radius 3 is 2.55 bits per heavy atom. The predicted octanol–water partition coefficient (Wildman–Crippen LogP) is 4.06. The fourth-order valence-corrected chi connectivity index (χ4v) is 3.78. The number of rotatable bonds is 5. The van der Waals surface area contributed by atoms with Gasteiger partial charge in [-0.25, -0.2) is 0 Å². The Labute approximate surface area is 170 Å². The SMILES string of the molecule is CN1CCC(Nc2ccc(Nc3cc(-c4ccc5c(c4)OCO5)n[nH]3)cc2)CC1. The summed E-state index contributed by atoms with van der Waals surface area (Å²) in [5.74, 6) is 2.37. The normalized spacial score (nSPS) is 16.7. The van der Waals surface area contributed by atoms with Crippen LogP contribution in [-0.4, -0.2) is 48.1 Å². The van der Waals surface area contributed by atoms with Crippen LogP contribution in [-0.2, 0) is 0 Å². The van der Waals surface area contributed by atoms with Crippen molar-refractivity contribution in [3.05, 3.63) is 48.5 Å². The minimum absolute atomic E-state index is 0.273. The second kappa shape index (κ2) is 7.67. The Morgan fingerprint density at radius 2 is 1.72 bits per heavy atom. The first-order chi connectivity index (χ1) is 14.2. The average molecular weight is 391 g/mol. The van der Waals surface area contributed by atoms with E-state index in [1.54, 1.807) is 0 Å². The summed E-state index contributed by atoms with van der Waals surface area (Å²) in [6.07, 6.45) is 2.38. The van der Waals surface area contributed by atoms with E-state index >= 15 is 0 Å². The maximum absolute atomic E-state index is 5.45. The summed E-state index contributed by atoms with van der Waals surface area (Å²) in [4.78, 5) is 2.38. The first-order valence-corrected chi connectivity index (χ1v) is 10.0. The van der Waals surface area contributed by atoms with E-state index in [0.29, 0.717) is 6.04 Å². The summed E-state index contributed by atoms with van der Waals surface area (Å²) >= 11 is 0. The zero-order chi connectivity index (χ0) is 19.6. The second-order valence-electron chi connectivity index (χ2n) is 7.66. The van der Waals surface area contributed by atoms with Crippen LogP contribution in [0.4, 0.5) is 17.2 Å². The van der Waals surface area contributed by atoms with E-state index in [0.717, 1.165) is 53.0 Å². The molecule has 7 heteroatoms. The molecule has 0 aliphatic carbocycles. The molecular weight excluding hydrogens is 366 g/mol. The minimum atomic E-state index is 0.273. The third-order valence-corrected chi connectivity index (χ3v) is 5.50. The van der Waals surface area contributed by atoms with E-state index in [4.69, 9.17) is 9.47 Å². The molecule has 0 atom stereocenters. The quantitative estimate of drug-likeness (QED) is 0.609. The average Bonchev–Trinajstić information content (AvgIpc) is 3.40. The number of piperidine rings is 1. The van der Waals surface area contributed by atoms with E-state index < -0.39 is 0 Å². The van der Waals surface area contributed by atoms with Gasteiger partial charge >= 0.3 is 0 Å². The van der Waals surface area contributed by atoms with Crippen LogP contribution >= 0.6 is 0 Å². The van der Waals surface area contributed by atoms with Crippen molar-refractivity contribution in [1.29, 1.82) is 0 Å². The van der Waals surface area contributed by atoms with Crippen molar-refractivity contribution in [2.45, 2.75) is 18.9 Å². The zero-order valence-corrected chi connectivity index (χ0v) is 16.4. The summed E-state index contributed by atoms with van der Waals surface area (Å²) in [6.45, 7) is 2.58. The third kappa shape index (κ3) is 4.00. The van der Waals surface area contributed by atoms with Crippen LogP contribution in [0, 0.1) is 0 Å². The molecule has 0 unspecified atom stereocenters. The van der Waals surface area contributed by atoms with Crippen molar-refractivity contribution in [2.24, 2.45) is 0 Å². The Bertz CT molecular complexity index is 977. The number of nitrogens with one attached hydrogen (secondary N) is 3. The van der Waals surface area contributed by atoms with Gasteiger partial charge in [0.15, 0.2) is 11.5 Å². The number of hydrogen-bond donors (Lipinski definition) is 3. The summed E-state index contributed by atoms with van der Waals surface area (Å²) in [5, 5.41) is 14.5. The molecule has 1 aromatic heterocycles. The van der Waals surface area contributed by atoms with Gasteiger partial charge in [0, 0.05) is 29.0 Å². The van der Waals surface area contributed by atoms with Gasteiger partial charge in [-0.3, -0.25) is 5.10 Å². The van der Waals surface area contributed by atoms with Gasteiger partial charge in [0.2, 0.25) is 6.79 Å². The van der Waals surface area contributed by atoms with Gasteiger partial charge in [-0.1, -0.05) is 0 Å². The Hall–Kier alpha value is -3.19. The number of ether oxygens (including phenoxy) is 2. The number of likely N-dealkylation sites (tertiary alicyclic amines) is 1. The summed E-state index contributed by atoms with van der Waals surface area (Å²) < 4.78 is 10.8. The molecule has 3 heterocycles. The highest BCUT2D eigenvalue weighted by Gasteiger charge is 2.17. The molecule has 3 aromatic rings. The highest BCUT2D eigenvalue weighted by atomic mass is 16.7. The smallest absolute Gasteiger partial charge is 0.231 e. The second-order valence-corrected chi connectivity index (χ2v) is 7.66. The van der Waals surface area contributed by atoms with Crippen LogP contribution in [0.15, 0.2) is 48.5 Å². The van der Waals surface area contributed by atoms with Gasteiger partial charge in [-0.15, -0.1) is 0 Å². The van der Waals surface area contributed by atoms with Gasteiger partial charge in [0.25, 0.3) is 0 Å². The van der Waals surface area contributed by atoms with E-state index in [9.17, 15) is 0 Å². The number of benzene rings is 2. The molecule has 5 rings (SSSR count).